The van der Waals surface area contributed by atoms with Gasteiger partial charge in [-0.1, -0.05) is 69.5 Å². The summed E-state index contributed by atoms with van der Waals surface area (Å²) < 4.78 is 0. The van der Waals surface area contributed by atoms with Crippen molar-refractivity contribution in [2.24, 2.45) is 5.92 Å². The Morgan fingerprint density at radius 3 is 2.26 bits per heavy atom. The molecule has 0 aliphatic carbocycles. The number of rotatable bonds is 6. The minimum atomic E-state index is 0.914. The van der Waals surface area contributed by atoms with Crippen molar-refractivity contribution in [2.45, 2.75) is 52.9 Å². The van der Waals surface area contributed by atoms with Crippen LogP contribution in [0, 0.1) is 12.8 Å². The summed E-state index contributed by atoms with van der Waals surface area (Å²) in [4.78, 5) is 0. The van der Waals surface area contributed by atoms with Crippen LogP contribution in [0.1, 0.15) is 50.7 Å². The van der Waals surface area contributed by atoms with Crippen LogP contribution in [0.2, 0.25) is 0 Å². The smallest absolute Gasteiger partial charge is 0.0149 e. The molecule has 0 atom stereocenters. The SMILES string of the molecule is CCC(CC)CCCc1ccc(C)c2ccccc12. The second-order valence-electron chi connectivity index (χ2n) is 5.66. The fourth-order valence-corrected chi connectivity index (χ4v) is 3.01. The zero-order valence-electron chi connectivity index (χ0n) is 12.6. The summed E-state index contributed by atoms with van der Waals surface area (Å²) in [6, 6.07) is 13.4. The molecule has 0 heterocycles. The highest BCUT2D eigenvalue weighted by Gasteiger charge is 2.06. The predicted molar refractivity (Wildman–Crippen MR) is 85.7 cm³/mol. The molecule has 0 aliphatic heterocycles. The van der Waals surface area contributed by atoms with Crippen LogP contribution in [0.3, 0.4) is 0 Å². The molecule has 0 bridgehead atoms. The fourth-order valence-electron chi connectivity index (χ4n) is 3.01. The molecule has 0 saturated carbocycles. The van der Waals surface area contributed by atoms with Crippen molar-refractivity contribution in [1.82, 2.24) is 0 Å². The average Bonchev–Trinajstić information content (AvgIpc) is 2.46. The fraction of sp³-hybridized carbons (Fsp3) is 0.474. The molecule has 102 valence electrons. The third-order valence-electron chi connectivity index (χ3n) is 4.45. The molecular weight excluding hydrogens is 228 g/mol. The van der Waals surface area contributed by atoms with Gasteiger partial charge in [-0.2, -0.15) is 0 Å². The quantitative estimate of drug-likeness (QED) is 0.601. The van der Waals surface area contributed by atoms with Gasteiger partial charge in [0, 0.05) is 0 Å². The molecule has 0 amide bonds. The molecule has 2 aromatic rings. The summed E-state index contributed by atoms with van der Waals surface area (Å²) in [6.07, 6.45) is 6.56. The van der Waals surface area contributed by atoms with E-state index in [0.717, 1.165) is 5.92 Å². The van der Waals surface area contributed by atoms with Gasteiger partial charge in [-0.3, -0.25) is 0 Å². The van der Waals surface area contributed by atoms with Gasteiger partial charge in [0.15, 0.2) is 0 Å². The van der Waals surface area contributed by atoms with E-state index in [2.05, 4.69) is 57.2 Å². The molecule has 0 aromatic heterocycles. The molecule has 0 saturated heterocycles. The van der Waals surface area contributed by atoms with Crippen molar-refractivity contribution in [2.75, 3.05) is 0 Å². The maximum absolute atomic E-state index is 2.32. The number of hydrogen-bond acceptors (Lipinski definition) is 0. The summed E-state index contributed by atoms with van der Waals surface area (Å²) in [5.41, 5.74) is 2.91. The highest BCUT2D eigenvalue weighted by Crippen LogP contribution is 2.24. The van der Waals surface area contributed by atoms with Crippen LogP contribution in [0.25, 0.3) is 10.8 Å². The summed E-state index contributed by atoms with van der Waals surface area (Å²) >= 11 is 0. The van der Waals surface area contributed by atoms with Crippen LogP contribution < -0.4 is 0 Å². The first-order valence-electron chi connectivity index (χ1n) is 7.73. The summed E-state index contributed by atoms with van der Waals surface area (Å²) in [5, 5.41) is 2.87. The summed E-state index contributed by atoms with van der Waals surface area (Å²) in [5.74, 6) is 0.914. The van der Waals surface area contributed by atoms with E-state index in [9.17, 15) is 0 Å². The normalized spacial score (nSPS) is 11.4. The van der Waals surface area contributed by atoms with Crippen molar-refractivity contribution in [1.29, 1.82) is 0 Å². The average molecular weight is 254 g/mol. The topological polar surface area (TPSA) is 0 Å². The zero-order valence-corrected chi connectivity index (χ0v) is 12.6. The van der Waals surface area contributed by atoms with Crippen molar-refractivity contribution >= 4 is 10.8 Å². The molecule has 2 rings (SSSR count). The molecule has 0 N–H and O–H groups in total. The molecule has 0 heteroatoms. The van der Waals surface area contributed by atoms with Crippen LogP contribution in [0.15, 0.2) is 36.4 Å². The van der Waals surface area contributed by atoms with Gasteiger partial charge in [0.2, 0.25) is 0 Å². The van der Waals surface area contributed by atoms with Crippen molar-refractivity contribution in [3.63, 3.8) is 0 Å². The minimum Gasteiger partial charge on any atom is -0.0651 e. The second kappa shape index (κ2) is 6.75. The van der Waals surface area contributed by atoms with Gasteiger partial charge in [-0.05, 0) is 47.6 Å². The Labute approximate surface area is 117 Å². The van der Waals surface area contributed by atoms with Crippen LogP contribution in [0.4, 0.5) is 0 Å². The van der Waals surface area contributed by atoms with E-state index in [0.29, 0.717) is 0 Å². The lowest BCUT2D eigenvalue weighted by Crippen LogP contribution is -1.98. The van der Waals surface area contributed by atoms with Gasteiger partial charge in [0.25, 0.3) is 0 Å². The molecule has 0 radical (unpaired) electrons. The molecule has 19 heavy (non-hydrogen) atoms. The molecule has 0 nitrogen and oxygen atoms in total. The number of benzene rings is 2. The minimum absolute atomic E-state index is 0.914. The lowest BCUT2D eigenvalue weighted by molar-refractivity contribution is 0.441. The first-order chi connectivity index (χ1) is 9.26. The monoisotopic (exact) mass is 254 g/mol. The van der Waals surface area contributed by atoms with Crippen molar-refractivity contribution in [3.8, 4) is 0 Å². The van der Waals surface area contributed by atoms with E-state index < -0.39 is 0 Å². The van der Waals surface area contributed by atoms with Gasteiger partial charge in [0.05, 0.1) is 0 Å². The van der Waals surface area contributed by atoms with Gasteiger partial charge >= 0.3 is 0 Å². The van der Waals surface area contributed by atoms with Gasteiger partial charge in [0.1, 0.15) is 0 Å². The van der Waals surface area contributed by atoms with E-state index in [1.165, 1.54) is 54.0 Å². The van der Waals surface area contributed by atoms with Crippen LogP contribution >= 0.6 is 0 Å². The Kier molecular flexibility index (Phi) is 5.01. The standard InChI is InChI=1S/C19H26/c1-4-16(5-2)9-8-10-17-14-13-15(3)18-11-6-7-12-19(17)18/h6-7,11-14,16H,4-5,8-10H2,1-3H3. The van der Waals surface area contributed by atoms with Crippen LogP contribution in [0.5, 0.6) is 0 Å². The number of aryl methyl sites for hydroxylation is 2. The summed E-state index contributed by atoms with van der Waals surface area (Å²) in [7, 11) is 0. The zero-order chi connectivity index (χ0) is 13.7. The molecule has 2 aromatic carbocycles. The van der Waals surface area contributed by atoms with E-state index in [1.807, 2.05) is 0 Å². The maximum Gasteiger partial charge on any atom is -0.0149 e. The lowest BCUT2D eigenvalue weighted by Gasteiger charge is -2.13. The Morgan fingerprint density at radius 1 is 0.895 bits per heavy atom. The maximum atomic E-state index is 2.32. The van der Waals surface area contributed by atoms with Crippen molar-refractivity contribution in [3.05, 3.63) is 47.5 Å². The van der Waals surface area contributed by atoms with Gasteiger partial charge < -0.3 is 0 Å². The third-order valence-corrected chi connectivity index (χ3v) is 4.45. The Hall–Kier alpha value is -1.30. The van der Waals surface area contributed by atoms with Crippen molar-refractivity contribution < 1.29 is 0 Å². The van der Waals surface area contributed by atoms with Crippen LogP contribution in [-0.4, -0.2) is 0 Å². The Balaban J connectivity index is 2.11. The van der Waals surface area contributed by atoms with Gasteiger partial charge in [-0.25, -0.2) is 0 Å². The first-order valence-corrected chi connectivity index (χ1v) is 7.73. The highest BCUT2D eigenvalue weighted by atomic mass is 14.1. The molecule has 0 unspecified atom stereocenters. The highest BCUT2D eigenvalue weighted by molar-refractivity contribution is 5.88. The van der Waals surface area contributed by atoms with Crippen LogP contribution in [-0.2, 0) is 6.42 Å². The largest absolute Gasteiger partial charge is 0.0651 e. The second-order valence-corrected chi connectivity index (χ2v) is 5.66. The van der Waals surface area contributed by atoms with E-state index >= 15 is 0 Å². The third kappa shape index (κ3) is 3.37. The molecule has 0 fully saturated rings. The number of hydrogen-bond donors (Lipinski definition) is 0. The van der Waals surface area contributed by atoms with Gasteiger partial charge in [-0.15, -0.1) is 0 Å². The molecular formula is C19H26. The molecule has 0 spiro atoms. The number of fused-ring (bicyclic) bond motifs is 1. The van der Waals surface area contributed by atoms with E-state index in [1.54, 1.807) is 0 Å². The predicted octanol–water partition coefficient (Wildman–Crippen LogP) is 5.91. The molecule has 0 aliphatic rings. The Bertz CT molecular complexity index is 521. The van der Waals surface area contributed by atoms with E-state index in [4.69, 9.17) is 0 Å². The van der Waals surface area contributed by atoms with E-state index in [-0.39, 0.29) is 0 Å². The summed E-state index contributed by atoms with van der Waals surface area (Å²) in [6.45, 7) is 6.83. The lowest BCUT2D eigenvalue weighted by atomic mass is 9.93. The Morgan fingerprint density at radius 2 is 1.58 bits per heavy atom. The first kappa shape index (κ1) is 14.1.